The van der Waals surface area contributed by atoms with E-state index in [4.69, 9.17) is 4.74 Å². The van der Waals surface area contributed by atoms with E-state index >= 15 is 0 Å². The second-order valence-electron chi connectivity index (χ2n) is 5.49. The predicted molar refractivity (Wildman–Crippen MR) is 70.3 cm³/mol. The van der Waals surface area contributed by atoms with Crippen LogP contribution in [0.2, 0.25) is 0 Å². The maximum absolute atomic E-state index is 12.1. The van der Waals surface area contributed by atoms with E-state index in [1.165, 1.54) is 0 Å². The first kappa shape index (κ1) is 17.6. The summed E-state index contributed by atoms with van der Waals surface area (Å²) in [7, 11) is -4.57. The molecule has 0 aliphatic rings. The van der Waals surface area contributed by atoms with E-state index in [1.807, 2.05) is 27.7 Å². The topological polar surface area (TPSA) is 83.8 Å². The second kappa shape index (κ2) is 6.69. The molecule has 0 amide bonds. The van der Waals surface area contributed by atoms with Crippen LogP contribution in [0.4, 0.5) is 0 Å². The van der Waals surface area contributed by atoms with Crippen molar-refractivity contribution in [1.29, 1.82) is 0 Å². The first-order valence-electron chi connectivity index (χ1n) is 6.29. The molecule has 0 radical (unpaired) electrons. The Balaban J connectivity index is 5.54. The number of ether oxygens (including phenoxy) is 1. The van der Waals surface area contributed by atoms with E-state index < -0.39 is 18.7 Å². The number of hydrogen-bond acceptors (Lipinski definition) is 3. The molecule has 0 rings (SSSR count). The molecular weight excluding hydrogens is 255 g/mol. The van der Waals surface area contributed by atoms with Crippen LogP contribution < -0.4 is 0 Å². The molecule has 0 fully saturated rings. The maximum Gasteiger partial charge on any atom is 0.342 e. The van der Waals surface area contributed by atoms with Gasteiger partial charge in [0.05, 0.1) is 6.61 Å². The molecule has 0 heterocycles. The van der Waals surface area contributed by atoms with Crippen molar-refractivity contribution in [3.63, 3.8) is 0 Å². The normalized spacial score (nSPS) is 13.2. The van der Waals surface area contributed by atoms with Gasteiger partial charge in [0, 0.05) is 0 Å². The average molecular weight is 280 g/mol. The molecule has 5 nitrogen and oxygen atoms in total. The lowest BCUT2D eigenvalue weighted by Gasteiger charge is -2.34. The van der Waals surface area contributed by atoms with Gasteiger partial charge in [0.1, 0.15) is 0 Å². The van der Waals surface area contributed by atoms with Crippen LogP contribution >= 0.6 is 7.60 Å². The highest BCUT2D eigenvalue weighted by atomic mass is 31.2. The molecule has 18 heavy (non-hydrogen) atoms. The van der Waals surface area contributed by atoms with Gasteiger partial charge in [-0.1, -0.05) is 27.7 Å². The fourth-order valence-corrected chi connectivity index (χ4v) is 3.73. The summed E-state index contributed by atoms with van der Waals surface area (Å²) in [6.45, 7) is 9.10. The summed E-state index contributed by atoms with van der Waals surface area (Å²) >= 11 is 0. The summed E-state index contributed by atoms with van der Waals surface area (Å²) in [5.74, 6) is -0.776. The summed E-state index contributed by atoms with van der Waals surface area (Å²) in [4.78, 5) is 31.3. The molecule has 2 N–H and O–H groups in total. The van der Waals surface area contributed by atoms with Crippen molar-refractivity contribution in [2.45, 2.75) is 52.6 Å². The molecule has 0 aromatic heterocycles. The van der Waals surface area contributed by atoms with Crippen molar-refractivity contribution in [2.24, 2.45) is 11.8 Å². The molecule has 0 saturated heterocycles. The monoisotopic (exact) mass is 280 g/mol. The zero-order valence-electron chi connectivity index (χ0n) is 11.8. The highest BCUT2D eigenvalue weighted by Gasteiger charge is 2.54. The summed E-state index contributed by atoms with van der Waals surface area (Å²) in [6.07, 6.45) is 0.266. The van der Waals surface area contributed by atoms with Crippen molar-refractivity contribution in [1.82, 2.24) is 0 Å². The minimum absolute atomic E-state index is 0.000723. The van der Waals surface area contributed by atoms with Crippen LogP contribution in [0, 0.1) is 11.8 Å². The van der Waals surface area contributed by atoms with Gasteiger partial charge in [-0.15, -0.1) is 0 Å². The van der Waals surface area contributed by atoms with Crippen molar-refractivity contribution in [3.8, 4) is 0 Å². The van der Waals surface area contributed by atoms with E-state index in [1.54, 1.807) is 6.92 Å². The standard InChI is InChI=1S/C12H25O5P/c1-6-17-11(13)12(7-9(2)3,8-10(4)5)18(14,15)16/h9-10H,6-8H2,1-5H3,(H2,14,15,16). The molecule has 0 saturated carbocycles. The molecule has 0 aromatic carbocycles. The SMILES string of the molecule is CCOC(=O)C(CC(C)C)(CC(C)C)P(=O)(O)O. The average Bonchev–Trinajstić information content (AvgIpc) is 2.13. The lowest BCUT2D eigenvalue weighted by molar-refractivity contribution is -0.148. The maximum atomic E-state index is 12.1. The molecule has 6 heteroatoms. The number of carbonyl (C=O) groups is 1. The Bertz CT molecular complexity index is 308. The van der Waals surface area contributed by atoms with Gasteiger partial charge in [-0.2, -0.15) is 0 Å². The van der Waals surface area contributed by atoms with Crippen LogP contribution in [0.15, 0.2) is 0 Å². The second-order valence-corrected chi connectivity index (χ2v) is 7.44. The van der Waals surface area contributed by atoms with Gasteiger partial charge in [0.25, 0.3) is 0 Å². The summed E-state index contributed by atoms with van der Waals surface area (Å²) < 4.78 is 16.7. The number of carbonyl (C=O) groups excluding carboxylic acids is 1. The van der Waals surface area contributed by atoms with Gasteiger partial charge in [-0.25, -0.2) is 0 Å². The minimum atomic E-state index is -4.57. The summed E-state index contributed by atoms with van der Waals surface area (Å²) in [6, 6.07) is 0. The lowest BCUT2D eigenvalue weighted by atomic mass is 9.88. The van der Waals surface area contributed by atoms with Crippen LogP contribution in [0.1, 0.15) is 47.5 Å². The van der Waals surface area contributed by atoms with Crippen LogP contribution in [0.5, 0.6) is 0 Å². The van der Waals surface area contributed by atoms with E-state index in [-0.39, 0.29) is 31.3 Å². The third-order valence-electron chi connectivity index (χ3n) is 2.70. The molecule has 0 aliphatic heterocycles. The van der Waals surface area contributed by atoms with E-state index in [9.17, 15) is 19.1 Å². The summed E-state index contributed by atoms with van der Waals surface area (Å²) in [5, 5.41) is -1.70. The fraction of sp³-hybridized carbons (Fsp3) is 0.917. The van der Waals surface area contributed by atoms with Crippen molar-refractivity contribution in [2.75, 3.05) is 6.61 Å². The molecule has 0 unspecified atom stereocenters. The van der Waals surface area contributed by atoms with Crippen LogP contribution in [-0.2, 0) is 14.1 Å². The van der Waals surface area contributed by atoms with Gasteiger partial charge in [-0.3, -0.25) is 9.36 Å². The smallest absolute Gasteiger partial charge is 0.342 e. The molecule has 0 atom stereocenters. The summed E-state index contributed by atoms with van der Waals surface area (Å²) in [5.41, 5.74) is 0. The number of hydrogen-bond donors (Lipinski definition) is 2. The first-order chi connectivity index (χ1) is 8.06. The van der Waals surface area contributed by atoms with Crippen LogP contribution in [-0.4, -0.2) is 27.5 Å². The zero-order chi connectivity index (χ0) is 14.6. The number of rotatable bonds is 7. The third kappa shape index (κ3) is 4.38. The molecule has 108 valence electrons. The Morgan fingerprint density at radius 1 is 1.17 bits per heavy atom. The Morgan fingerprint density at radius 3 is 1.78 bits per heavy atom. The molecular formula is C12H25O5P. The van der Waals surface area contributed by atoms with Crippen LogP contribution in [0.25, 0.3) is 0 Å². The largest absolute Gasteiger partial charge is 0.465 e. The molecule has 0 aliphatic carbocycles. The van der Waals surface area contributed by atoms with Gasteiger partial charge >= 0.3 is 13.6 Å². The minimum Gasteiger partial charge on any atom is -0.465 e. The van der Waals surface area contributed by atoms with E-state index in [0.29, 0.717) is 0 Å². The van der Waals surface area contributed by atoms with Gasteiger partial charge < -0.3 is 14.5 Å². The molecule has 0 aromatic rings. The van der Waals surface area contributed by atoms with E-state index in [0.717, 1.165) is 0 Å². The Hall–Kier alpha value is -0.380. The lowest BCUT2D eigenvalue weighted by Crippen LogP contribution is -2.42. The van der Waals surface area contributed by atoms with Crippen molar-refractivity contribution in [3.05, 3.63) is 0 Å². The molecule has 0 bridgehead atoms. The Kier molecular flexibility index (Phi) is 6.55. The van der Waals surface area contributed by atoms with Crippen molar-refractivity contribution < 1.29 is 23.9 Å². The van der Waals surface area contributed by atoms with Gasteiger partial charge in [-0.05, 0) is 31.6 Å². The highest BCUT2D eigenvalue weighted by Crippen LogP contribution is 2.57. The first-order valence-corrected chi connectivity index (χ1v) is 7.91. The zero-order valence-corrected chi connectivity index (χ0v) is 12.7. The van der Waals surface area contributed by atoms with Gasteiger partial charge in [0.15, 0.2) is 5.16 Å². The van der Waals surface area contributed by atoms with Gasteiger partial charge in [0.2, 0.25) is 0 Å². The van der Waals surface area contributed by atoms with E-state index in [2.05, 4.69) is 0 Å². The molecule has 0 spiro atoms. The van der Waals surface area contributed by atoms with Crippen LogP contribution in [0.3, 0.4) is 0 Å². The third-order valence-corrected chi connectivity index (χ3v) is 4.37. The highest BCUT2D eigenvalue weighted by molar-refractivity contribution is 7.54. The Labute approximate surface area is 109 Å². The predicted octanol–water partition coefficient (Wildman–Crippen LogP) is 2.56. The number of esters is 1. The Morgan fingerprint density at radius 2 is 1.56 bits per heavy atom. The fourth-order valence-electron chi connectivity index (χ4n) is 2.22. The quantitative estimate of drug-likeness (QED) is 0.553. The van der Waals surface area contributed by atoms with Crippen molar-refractivity contribution >= 4 is 13.6 Å².